The Morgan fingerprint density at radius 1 is 0.872 bits per heavy atom. The number of sulfonamides is 1. The maximum absolute atomic E-state index is 14.1. The molecule has 0 saturated carbocycles. The van der Waals surface area contributed by atoms with Crippen molar-refractivity contribution < 1.29 is 31.8 Å². The van der Waals surface area contributed by atoms with E-state index in [1.807, 2.05) is 30.3 Å². The van der Waals surface area contributed by atoms with Crippen LogP contribution in [0.1, 0.15) is 5.56 Å². The Morgan fingerprint density at radius 3 is 2.36 bits per heavy atom. The SMILES string of the molecule is O=C(CN(c1cccc(F)c1)S(=O)(=O)c1ccc2c(c1)OCCO2)Nc1ccc(OCc2ccccc2)cc1. The molecule has 0 unspecified atom stereocenters. The van der Waals surface area contributed by atoms with E-state index in [9.17, 15) is 17.6 Å². The van der Waals surface area contributed by atoms with E-state index >= 15 is 0 Å². The number of carbonyl (C=O) groups is 1. The first-order valence-corrected chi connectivity index (χ1v) is 13.6. The predicted molar refractivity (Wildman–Crippen MR) is 144 cm³/mol. The van der Waals surface area contributed by atoms with Gasteiger partial charge in [-0.05, 0) is 60.2 Å². The number of fused-ring (bicyclic) bond motifs is 1. The Labute approximate surface area is 225 Å². The summed E-state index contributed by atoms with van der Waals surface area (Å²) in [4.78, 5) is 12.9. The minimum Gasteiger partial charge on any atom is -0.489 e. The summed E-state index contributed by atoms with van der Waals surface area (Å²) in [5.41, 5.74) is 1.47. The number of amides is 1. The molecule has 1 heterocycles. The molecule has 0 aromatic heterocycles. The monoisotopic (exact) mass is 548 g/mol. The van der Waals surface area contributed by atoms with Crippen LogP contribution in [0.4, 0.5) is 15.8 Å². The average molecular weight is 549 g/mol. The number of carbonyl (C=O) groups excluding carboxylic acids is 1. The van der Waals surface area contributed by atoms with Gasteiger partial charge in [0, 0.05) is 11.8 Å². The van der Waals surface area contributed by atoms with Gasteiger partial charge in [-0.2, -0.15) is 0 Å². The third-order valence-corrected chi connectivity index (χ3v) is 7.64. The molecule has 0 aliphatic carbocycles. The van der Waals surface area contributed by atoms with Gasteiger partial charge < -0.3 is 19.5 Å². The second-order valence-corrected chi connectivity index (χ2v) is 10.5. The molecule has 0 saturated heterocycles. The number of halogens is 1. The lowest BCUT2D eigenvalue weighted by Crippen LogP contribution is -2.38. The maximum atomic E-state index is 14.1. The first kappa shape index (κ1) is 26.1. The molecule has 200 valence electrons. The summed E-state index contributed by atoms with van der Waals surface area (Å²) in [6.07, 6.45) is 0. The van der Waals surface area contributed by atoms with Crippen LogP contribution in [0.15, 0.2) is 102 Å². The molecule has 0 radical (unpaired) electrons. The van der Waals surface area contributed by atoms with Crippen molar-refractivity contribution in [2.45, 2.75) is 11.5 Å². The topological polar surface area (TPSA) is 94.2 Å². The van der Waals surface area contributed by atoms with Crippen LogP contribution in [0.5, 0.6) is 17.2 Å². The smallest absolute Gasteiger partial charge is 0.264 e. The highest BCUT2D eigenvalue weighted by molar-refractivity contribution is 7.92. The van der Waals surface area contributed by atoms with Crippen molar-refractivity contribution in [3.05, 3.63) is 108 Å². The van der Waals surface area contributed by atoms with Gasteiger partial charge in [-0.1, -0.05) is 36.4 Å². The van der Waals surface area contributed by atoms with Crippen LogP contribution in [0.25, 0.3) is 0 Å². The molecule has 1 aliphatic heterocycles. The highest BCUT2D eigenvalue weighted by Crippen LogP contribution is 2.34. The van der Waals surface area contributed by atoms with Crippen LogP contribution in [0, 0.1) is 5.82 Å². The van der Waals surface area contributed by atoms with Crippen LogP contribution in [-0.4, -0.2) is 34.1 Å². The van der Waals surface area contributed by atoms with E-state index in [0.29, 0.717) is 30.4 Å². The van der Waals surface area contributed by atoms with Gasteiger partial charge in [0.2, 0.25) is 5.91 Å². The molecule has 0 fully saturated rings. The number of ether oxygens (including phenoxy) is 3. The van der Waals surface area contributed by atoms with Gasteiger partial charge in [0.25, 0.3) is 10.0 Å². The summed E-state index contributed by atoms with van der Waals surface area (Å²) in [6.45, 7) is 0.441. The molecule has 1 aliphatic rings. The van der Waals surface area contributed by atoms with Crippen molar-refractivity contribution in [3.63, 3.8) is 0 Å². The first-order valence-electron chi connectivity index (χ1n) is 12.1. The molecule has 5 rings (SSSR count). The molecule has 0 atom stereocenters. The summed E-state index contributed by atoms with van der Waals surface area (Å²) in [5, 5.41) is 2.69. The lowest BCUT2D eigenvalue weighted by molar-refractivity contribution is -0.114. The van der Waals surface area contributed by atoms with Crippen molar-refractivity contribution in [1.82, 2.24) is 0 Å². The van der Waals surface area contributed by atoms with Gasteiger partial charge >= 0.3 is 0 Å². The largest absolute Gasteiger partial charge is 0.489 e. The Balaban J connectivity index is 1.32. The van der Waals surface area contributed by atoms with Crippen molar-refractivity contribution in [1.29, 1.82) is 0 Å². The van der Waals surface area contributed by atoms with Crippen molar-refractivity contribution in [2.24, 2.45) is 0 Å². The van der Waals surface area contributed by atoms with E-state index in [-0.39, 0.29) is 22.9 Å². The summed E-state index contributed by atoms with van der Waals surface area (Å²) in [5.74, 6) is 0.0612. The van der Waals surface area contributed by atoms with Crippen molar-refractivity contribution in [2.75, 3.05) is 29.4 Å². The quantitative estimate of drug-likeness (QED) is 0.316. The van der Waals surface area contributed by atoms with Crippen LogP contribution in [0.3, 0.4) is 0 Å². The fraction of sp³-hybridized carbons (Fsp3) is 0.138. The van der Waals surface area contributed by atoms with Gasteiger partial charge in [0.15, 0.2) is 11.5 Å². The fourth-order valence-corrected chi connectivity index (χ4v) is 5.39. The maximum Gasteiger partial charge on any atom is 0.264 e. The molecule has 8 nitrogen and oxygen atoms in total. The lowest BCUT2D eigenvalue weighted by atomic mass is 10.2. The summed E-state index contributed by atoms with van der Waals surface area (Å²) in [7, 11) is -4.28. The van der Waals surface area contributed by atoms with E-state index in [1.54, 1.807) is 24.3 Å². The number of rotatable bonds is 9. The molecule has 4 aromatic rings. The molecule has 10 heteroatoms. The lowest BCUT2D eigenvalue weighted by Gasteiger charge is -2.25. The highest BCUT2D eigenvalue weighted by Gasteiger charge is 2.29. The summed E-state index contributed by atoms with van der Waals surface area (Å²) >= 11 is 0. The molecule has 4 aromatic carbocycles. The van der Waals surface area contributed by atoms with Gasteiger partial charge in [0.05, 0.1) is 10.6 Å². The van der Waals surface area contributed by atoms with Crippen LogP contribution < -0.4 is 23.8 Å². The number of hydrogen-bond acceptors (Lipinski definition) is 6. The number of nitrogens with zero attached hydrogens (tertiary/aromatic N) is 1. The number of anilines is 2. The van der Waals surface area contributed by atoms with Gasteiger partial charge in [-0.3, -0.25) is 9.10 Å². The molecular formula is C29H25FN2O6S. The Bertz CT molecular complexity index is 1560. The molecular weight excluding hydrogens is 523 g/mol. The van der Waals surface area contributed by atoms with Crippen molar-refractivity contribution >= 4 is 27.3 Å². The van der Waals surface area contributed by atoms with E-state index in [4.69, 9.17) is 14.2 Å². The minimum atomic E-state index is -4.28. The zero-order valence-electron chi connectivity index (χ0n) is 20.7. The highest BCUT2D eigenvalue weighted by atomic mass is 32.2. The number of benzene rings is 4. The Kier molecular flexibility index (Phi) is 7.64. The minimum absolute atomic E-state index is 0.00435. The average Bonchev–Trinajstić information content (AvgIpc) is 2.96. The molecule has 1 amide bonds. The van der Waals surface area contributed by atoms with Crippen LogP contribution in [0.2, 0.25) is 0 Å². The second kappa shape index (κ2) is 11.4. The summed E-state index contributed by atoms with van der Waals surface area (Å²) in [6, 6.07) is 25.7. The molecule has 39 heavy (non-hydrogen) atoms. The van der Waals surface area contributed by atoms with E-state index < -0.39 is 28.3 Å². The van der Waals surface area contributed by atoms with Gasteiger partial charge in [-0.15, -0.1) is 0 Å². The third kappa shape index (κ3) is 6.29. The predicted octanol–water partition coefficient (Wildman–Crippen LogP) is 5.01. The van der Waals surface area contributed by atoms with Crippen LogP contribution >= 0.6 is 0 Å². The van der Waals surface area contributed by atoms with E-state index in [0.717, 1.165) is 15.9 Å². The van der Waals surface area contributed by atoms with Gasteiger partial charge in [0.1, 0.15) is 37.9 Å². The summed E-state index contributed by atoms with van der Waals surface area (Å²) < 4.78 is 59.0. The fourth-order valence-electron chi connectivity index (χ4n) is 3.96. The van der Waals surface area contributed by atoms with Crippen LogP contribution in [-0.2, 0) is 21.4 Å². The molecule has 1 N–H and O–H groups in total. The second-order valence-electron chi connectivity index (χ2n) is 8.64. The molecule has 0 bridgehead atoms. The number of nitrogens with one attached hydrogen (secondary N) is 1. The van der Waals surface area contributed by atoms with E-state index in [1.165, 1.54) is 36.4 Å². The zero-order chi connectivity index (χ0) is 27.2. The Hall–Kier alpha value is -4.57. The third-order valence-electron chi connectivity index (χ3n) is 5.87. The first-order chi connectivity index (χ1) is 18.9. The van der Waals surface area contributed by atoms with Crippen molar-refractivity contribution in [3.8, 4) is 17.2 Å². The normalized spacial score (nSPS) is 12.4. The standard InChI is InChI=1S/C29H25FN2O6S/c30-22-7-4-8-24(17-22)32(39(34,35)26-13-14-27-28(18-26)37-16-15-36-27)19-29(33)31-23-9-11-25(12-10-23)38-20-21-5-2-1-3-6-21/h1-14,17-18H,15-16,19-20H2,(H,31,33). The zero-order valence-corrected chi connectivity index (χ0v) is 21.6. The van der Waals surface area contributed by atoms with E-state index in [2.05, 4.69) is 5.32 Å². The number of hydrogen-bond donors (Lipinski definition) is 1. The van der Waals surface area contributed by atoms with Gasteiger partial charge in [-0.25, -0.2) is 12.8 Å². The molecule has 0 spiro atoms. The Morgan fingerprint density at radius 2 is 1.62 bits per heavy atom.